The second-order valence-electron chi connectivity index (χ2n) is 6.19. The molecule has 0 amide bonds. The van der Waals surface area contributed by atoms with Gasteiger partial charge in [-0.25, -0.2) is 0 Å². The number of nitrogens with one attached hydrogen (secondary N) is 2. The Kier molecular flexibility index (Phi) is 11.9. The van der Waals surface area contributed by atoms with E-state index in [1.165, 1.54) is 6.42 Å². The second-order valence-corrected chi connectivity index (χ2v) is 7.04. The summed E-state index contributed by atoms with van der Waals surface area (Å²) < 4.78 is 5.37. The van der Waals surface area contributed by atoms with Crippen LogP contribution in [0.3, 0.4) is 0 Å². The Morgan fingerprint density at radius 2 is 2.00 bits per heavy atom. The molecule has 8 heteroatoms. The smallest absolute Gasteiger partial charge is 0.191 e. The normalized spacial score (nSPS) is 16.7. The number of rotatable bonds is 7. The van der Waals surface area contributed by atoms with E-state index in [1.54, 1.807) is 13.1 Å². The Bertz CT molecular complexity index is 568. The highest BCUT2D eigenvalue weighted by Crippen LogP contribution is 2.25. The molecule has 0 radical (unpaired) electrons. The first-order valence-corrected chi connectivity index (χ1v) is 9.58. The minimum atomic E-state index is 0. The highest BCUT2D eigenvalue weighted by Gasteiger charge is 2.12. The maximum atomic E-state index is 6.27. The second kappa shape index (κ2) is 13.0. The molecule has 1 heterocycles. The van der Waals surface area contributed by atoms with Crippen LogP contribution < -0.4 is 10.6 Å². The number of halogens is 3. The predicted molar refractivity (Wildman–Crippen MR) is 121 cm³/mol. The standard InChI is InChI=1S/C18H28Cl2N4O.HI/c1-14(16-6-5-15(19)13-17(16)20)23-18(21-2)22-7-3-4-8-24-9-11-25-12-10-24;/h5-6,13-14H,3-4,7-12H2,1-2H3,(H2,21,22,23);1H. The van der Waals surface area contributed by atoms with Gasteiger partial charge in [0.1, 0.15) is 0 Å². The number of aliphatic imine (C=N–C) groups is 1. The molecule has 1 aliphatic rings. The van der Waals surface area contributed by atoms with Gasteiger partial charge in [-0.2, -0.15) is 0 Å². The van der Waals surface area contributed by atoms with Crippen LogP contribution >= 0.6 is 47.2 Å². The van der Waals surface area contributed by atoms with Crippen LogP contribution in [0, 0.1) is 0 Å². The van der Waals surface area contributed by atoms with E-state index in [2.05, 4.69) is 27.4 Å². The Hall–Kier alpha value is -0.280. The summed E-state index contributed by atoms with van der Waals surface area (Å²) in [6.45, 7) is 7.91. The molecule has 1 aliphatic heterocycles. The molecule has 0 aliphatic carbocycles. The number of guanidine groups is 1. The van der Waals surface area contributed by atoms with E-state index in [1.807, 2.05) is 12.1 Å². The molecule has 26 heavy (non-hydrogen) atoms. The summed E-state index contributed by atoms with van der Waals surface area (Å²) in [6.07, 6.45) is 2.27. The third kappa shape index (κ3) is 8.17. The summed E-state index contributed by atoms with van der Waals surface area (Å²) in [4.78, 5) is 6.75. The molecule has 1 atom stereocenters. The molecule has 0 bridgehead atoms. The summed E-state index contributed by atoms with van der Waals surface area (Å²) in [5, 5.41) is 8.04. The molecule has 1 aromatic carbocycles. The van der Waals surface area contributed by atoms with Crippen LogP contribution in [0.25, 0.3) is 0 Å². The van der Waals surface area contributed by atoms with E-state index >= 15 is 0 Å². The minimum Gasteiger partial charge on any atom is -0.379 e. The van der Waals surface area contributed by atoms with Gasteiger partial charge in [-0.05, 0) is 44.0 Å². The van der Waals surface area contributed by atoms with E-state index in [9.17, 15) is 0 Å². The van der Waals surface area contributed by atoms with Crippen molar-refractivity contribution in [2.45, 2.75) is 25.8 Å². The molecule has 0 spiro atoms. The van der Waals surface area contributed by atoms with Gasteiger partial charge in [0, 0.05) is 36.7 Å². The van der Waals surface area contributed by atoms with E-state index in [-0.39, 0.29) is 30.0 Å². The molecule has 148 valence electrons. The van der Waals surface area contributed by atoms with Crippen LogP contribution in [-0.2, 0) is 4.74 Å². The largest absolute Gasteiger partial charge is 0.379 e. The van der Waals surface area contributed by atoms with Crippen LogP contribution in [0.2, 0.25) is 10.0 Å². The van der Waals surface area contributed by atoms with E-state index in [0.29, 0.717) is 10.0 Å². The van der Waals surface area contributed by atoms with Crippen molar-refractivity contribution in [3.63, 3.8) is 0 Å². The lowest BCUT2D eigenvalue weighted by Crippen LogP contribution is -2.40. The van der Waals surface area contributed by atoms with Gasteiger partial charge in [0.05, 0.1) is 19.3 Å². The van der Waals surface area contributed by atoms with Gasteiger partial charge in [-0.3, -0.25) is 9.89 Å². The van der Waals surface area contributed by atoms with Gasteiger partial charge in [0.15, 0.2) is 5.96 Å². The average Bonchev–Trinajstić information content (AvgIpc) is 2.61. The number of unbranched alkanes of at least 4 members (excludes halogenated alkanes) is 1. The maximum absolute atomic E-state index is 6.27. The number of benzene rings is 1. The topological polar surface area (TPSA) is 48.9 Å². The van der Waals surface area contributed by atoms with E-state index in [4.69, 9.17) is 27.9 Å². The molecule has 1 fully saturated rings. The lowest BCUT2D eigenvalue weighted by atomic mass is 10.1. The highest BCUT2D eigenvalue weighted by atomic mass is 127. The van der Waals surface area contributed by atoms with Crippen molar-refractivity contribution in [2.75, 3.05) is 46.4 Å². The number of nitrogens with zero attached hydrogens (tertiary/aromatic N) is 2. The zero-order chi connectivity index (χ0) is 18.1. The summed E-state index contributed by atoms with van der Waals surface area (Å²) in [7, 11) is 1.78. The zero-order valence-electron chi connectivity index (χ0n) is 15.4. The monoisotopic (exact) mass is 514 g/mol. The number of hydrogen-bond acceptors (Lipinski definition) is 3. The number of morpholine rings is 1. The third-order valence-corrected chi connectivity index (χ3v) is 4.87. The molecule has 1 aromatic rings. The summed E-state index contributed by atoms with van der Waals surface area (Å²) in [6, 6.07) is 5.60. The van der Waals surface area contributed by atoms with Crippen molar-refractivity contribution in [1.82, 2.24) is 15.5 Å². The van der Waals surface area contributed by atoms with Crippen LogP contribution in [0.5, 0.6) is 0 Å². The van der Waals surface area contributed by atoms with Crippen molar-refractivity contribution in [3.8, 4) is 0 Å². The van der Waals surface area contributed by atoms with Gasteiger partial charge in [-0.1, -0.05) is 29.3 Å². The fraction of sp³-hybridized carbons (Fsp3) is 0.611. The van der Waals surface area contributed by atoms with Crippen molar-refractivity contribution >= 4 is 53.1 Å². The molecule has 0 saturated carbocycles. The molecule has 5 nitrogen and oxygen atoms in total. The summed E-state index contributed by atoms with van der Waals surface area (Å²) in [5.74, 6) is 0.782. The van der Waals surface area contributed by atoms with Crippen molar-refractivity contribution in [1.29, 1.82) is 0 Å². The van der Waals surface area contributed by atoms with Crippen LogP contribution in [-0.4, -0.2) is 57.3 Å². The molecule has 2 rings (SSSR count). The first-order valence-electron chi connectivity index (χ1n) is 8.82. The summed E-state index contributed by atoms with van der Waals surface area (Å²) >= 11 is 12.2. The number of ether oxygens (including phenoxy) is 1. The van der Waals surface area contributed by atoms with Gasteiger partial charge in [0.2, 0.25) is 0 Å². The van der Waals surface area contributed by atoms with Crippen molar-refractivity contribution < 1.29 is 4.74 Å². The minimum absolute atomic E-state index is 0. The van der Waals surface area contributed by atoms with Gasteiger partial charge in [0.25, 0.3) is 0 Å². The van der Waals surface area contributed by atoms with Gasteiger partial charge >= 0.3 is 0 Å². The first kappa shape index (κ1) is 23.8. The third-order valence-electron chi connectivity index (χ3n) is 4.30. The fourth-order valence-corrected chi connectivity index (χ4v) is 3.39. The van der Waals surface area contributed by atoms with E-state index < -0.39 is 0 Å². The number of hydrogen-bond donors (Lipinski definition) is 2. The Balaban J connectivity index is 0.00000338. The average molecular weight is 515 g/mol. The first-order chi connectivity index (χ1) is 12.1. The molecular formula is C18H29Cl2IN4O. The Labute approximate surface area is 183 Å². The van der Waals surface area contributed by atoms with Crippen LogP contribution in [0.4, 0.5) is 0 Å². The lowest BCUT2D eigenvalue weighted by Gasteiger charge is -2.26. The van der Waals surface area contributed by atoms with Crippen LogP contribution in [0.1, 0.15) is 31.4 Å². The molecular weight excluding hydrogens is 486 g/mol. The van der Waals surface area contributed by atoms with Gasteiger partial charge in [-0.15, -0.1) is 24.0 Å². The predicted octanol–water partition coefficient (Wildman–Crippen LogP) is 3.95. The zero-order valence-corrected chi connectivity index (χ0v) is 19.3. The van der Waals surface area contributed by atoms with Crippen molar-refractivity contribution in [3.05, 3.63) is 33.8 Å². The molecule has 1 saturated heterocycles. The van der Waals surface area contributed by atoms with Gasteiger partial charge < -0.3 is 15.4 Å². The SMILES string of the molecule is CN=C(NCCCCN1CCOCC1)NC(C)c1ccc(Cl)cc1Cl.I. The molecule has 1 unspecified atom stereocenters. The molecule has 0 aromatic heterocycles. The fourth-order valence-electron chi connectivity index (χ4n) is 2.82. The lowest BCUT2D eigenvalue weighted by molar-refractivity contribution is 0.0372. The quantitative estimate of drug-likeness (QED) is 0.250. The Morgan fingerprint density at radius 1 is 1.27 bits per heavy atom. The molecule has 2 N–H and O–H groups in total. The Morgan fingerprint density at radius 3 is 2.65 bits per heavy atom. The van der Waals surface area contributed by atoms with Crippen LogP contribution in [0.15, 0.2) is 23.2 Å². The maximum Gasteiger partial charge on any atom is 0.191 e. The van der Waals surface area contributed by atoms with E-state index in [0.717, 1.165) is 57.3 Å². The van der Waals surface area contributed by atoms with Crippen molar-refractivity contribution in [2.24, 2.45) is 4.99 Å². The highest BCUT2D eigenvalue weighted by molar-refractivity contribution is 14.0. The summed E-state index contributed by atoms with van der Waals surface area (Å²) in [5.41, 5.74) is 1.00.